The molecule has 3 nitrogen and oxygen atoms in total. The number of ether oxygens (including phenoxy) is 1. The summed E-state index contributed by atoms with van der Waals surface area (Å²) in [5.74, 6) is 0.840. The van der Waals surface area contributed by atoms with Gasteiger partial charge < -0.3 is 10.1 Å². The Balaban J connectivity index is 2.26. The third-order valence-electron chi connectivity index (χ3n) is 2.34. The molecule has 1 N–H and O–H groups in total. The van der Waals surface area contributed by atoms with Crippen molar-refractivity contribution in [3.8, 4) is 5.75 Å². The van der Waals surface area contributed by atoms with E-state index in [1.165, 1.54) is 5.57 Å². The summed E-state index contributed by atoms with van der Waals surface area (Å²) in [6.45, 7) is 2.04. The van der Waals surface area contributed by atoms with Crippen LogP contribution in [0.1, 0.15) is 12.1 Å². The van der Waals surface area contributed by atoms with E-state index >= 15 is 0 Å². The number of hydrogen-bond acceptors (Lipinski definition) is 3. The van der Waals surface area contributed by atoms with Gasteiger partial charge in [-0.25, -0.2) is 0 Å². The average Bonchev–Trinajstić information content (AvgIpc) is 2.71. The van der Waals surface area contributed by atoms with Crippen LogP contribution in [-0.2, 0) is 0 Å². The molecule has 14 heavy (non-hydrogen) atoms. The van der Waals surface area contributed by atoms with Crippen molar-refractivity contribution in [1.29, 1.82) is 0 Å². The Morgan fingerprint density at radius 2 is 2.50 bits per heavy atom. The molecule has 0 amide bonds. The van der Waals surface area contributed by atoms with E-state index in [0.29, 0.717) is 0 Å². The van der Waals surface area contributed by atoms with Crippen LogP contribution in [0.15, 0.2) is 23.9 Å². The Morgan fingerprint density at radius 1 is 1.57 bits per heavy atom. The summed E-state index contributed by atoms with van der Waals surface area (Å²) < 4.78 is 5.23. The first kappa shape index (κ1) is 9.21. The van der Waals surface area contributed by atoms with Crippen molar-refractivity contribution in [2.75, 3.05) is 20.2 Å². The quantitative estimate of drug-likeness (QED) is 0.766. The molecule has 1 fully saturated rings. The zero-order valence-corrected chi connectivity index (χ0v) is 8.29. The standard InChI is InChI=1S/C11H14N2O/c1-14-11-3-2-5-13-10(11)7-9-4-6-12-8-9/h2-3,5,7,12H,4,6,8H2,1H3/b9-7+. The van der Waals surface area contributed by atoms with Crippen LogP contribution in [0.25, 0.3) is 6.08 Å². The first-order valence-corrected chi connectivity index (χ1v) is 4.79. The lowest BCUT2D eigenvalue weighted by atomic mass is 10.2. The van der Waals surface area contributed by atoms with Crippen molar-refractivity contribution in [2.45, 2.75) is 6.42 Å². The van der Waals surface area contributed by atoms with E-state index in [1.807, 2.05) is 12.1 Å². The van der Waals surface area contributed by atoms with Gasteiger partial charge in [-0.1, -0.05) is 5.57 Å². The molecule has 0 spiro atoms. The van der Waals surface area contributed by atoms with Gasteiger partial charge in [0.05, 0.1) is 7.11 Å². The Labute approximate surface area is 83.8 Å². The molecule has 1 aliphatic heterocycles. The molecule has 0 saturated carbocycles. The third kappa shape index (κ3) is 1.93. The molecule has 0 radical (unpaired) electrons. The minimum Gasteiger partial charge on any atom is -0.494 e. The molecule has 1 aromatic rings. The van der Waals surface area contributed by atoms with E-state index in [-0.39, 0.29) is 0 Å². The first-order chi connectivity index (χ1) is 6.90. The van der Waals surface area contributed by atoms with E-state index < -0.39 is 0 Å². The normalized spacial score (nSPS) is 18.8. The van der Waals surface area contributed by atoms with Gasteiger partial charge in [-0.2, -0.15) is 0 Å². The van der Waals surface area contributed by atoms with Gasteiger partial charge in [0.15, 0.2) is 0 Å². The van der Waals surface area contributed by atoms with E-state index in [9.17, 15) is 0 Å². The highest BCUT2D eigenvalue weighted by molar-refractivity contribution is 5.56. The van der Waals surface area contributed by atoms with Crippen molar-refractivity contribution in [1.82, 2.24) is 10.3 Å². The predicted octanol–water partition coefficient (Wildman–Crippen LogP) is 1.47. The lowest BCUT2D eigenvalue weighted by Gasteiger charge is -2.03. The van der Waals surface area contributed by atoms with E-state index in [0.717, 1.165) is 31.0 Å². The number of pyridine rings is 1. The van der Waals surface area contributed by atoms with Gasteiger partial charge in [-0.05, 0) is 31.2 Å². The van der Waals surface area contributed by atoms with Gasteiger partial charge in [0.25, 0.3) is 0 Å². The summed E-state index contributed by atoms with van der Waals surface area (Å²) in [6, 6.07) is 3.81. The highest BCUT2D eigenvalue weighted by atomic mass is 16.5. The Bertz CT molecular complexity index is 339. The summed E-state index contributed by atoms with van der Waals surface area (Å²) in [4.78, 5) is 4.28. The second-order valence-corrected chi connectivity index (χ2v) is 3.32. The molecule has 3 heteroatoms. The van der Waals surface area contributed by atoms with Crippen molar-refractivity contribution < 1.29 is 4.74 Å². The molecular formula is C11H14N2O. The lowest BCUT2D eigenvalue weighted by molar-refractivity contribution is 0.411. The van der Waals surface area contributed by atoms with Gasteiger partial charge in [-0.15, -0.1) is 0 Å². The largest absolute Gasteiger partial charge is 0.494 e. The maximum Gasteiger partial charge on any atom is 0.144 e. The molecule has 2 heterocycles. The number of nitrogens with zero attached hydrogens (tertiary/aromatic N) is 1. The fourth-order valence-corrected chi connectivity index (χ4v) is 1.59. The Kier molecular flexibility index (Phi) is 2.79. The summed E-state index contributed by atoms with van der Waals surface area (Å²) in [6.07, 6.45) is 5.01. The van der Waals surface area contributed by atoms with Crippen LogP contribution >= 0.6 is 0 Å². The average molecular weight is 190 g/mol. The third-order valence-corrected chi connectivity index (χ3v) is 2.34. The number of methoxy groups -OCH3 is 1. The van der Waals surface area contributed by atoms with Gasteiger partial charge in [0, 0.05) is 12.7 Å². The van der Waals surface area contributed by atoms with Gasteiger partial charge >= 0.3 is 0 Å². The van der Waals surface area contributed by atoms with Crippen LogP contribution in [-0.4, -0.2) is 25.2 Å². The molecule has 0 aromatic carbocycles. The van der Waals surface area contributed by atoms with Crippen LogP contribution in [0.3, 0.4) is 0 Å². The molecular weight excluding hydrogens is 176 g/mol. The highest BCUT2D eigenvalue weighted by Gasteiger charge is 2.07. The monoisotopic (exact) mass is 190 g/mol. The van der Waals surface area contributed by atoms with E-state index in [1.54, 1.807) is 13.3 Å². The zero-order chi connectivity index (χ0) is 9.80. The molecule has 0 aliphatic carbocycles. The topological polar surface area (TPSA) is 34.1 Å². The Morgan fingerprint density at radius 3 is 3.21 bits per heavy atom. The fraction of sp³-hybridized carbons (Fsp3) is 0.364. The van der Waals surface area contributed by atoms with Crippen LogP contribution in [0, 0.1) is 0 Å². The zero-order valence-electron chi connectivity index (χ0n) is 8.29. The number of hydrogen-bond donors (Lipinski definition) is 1. The second kappa shape index (κ2) is 4.24. The molecule has 1 aliphatic rings. The van der Waals surface area contributed by atoms with Crippen molar-refractivity contribution in [3.05, 3.63) is 29.6 Å². The maximum atomic E-state index is 5.23. The number of nitrogens with one attached hydrogen (secondary N) is 1. The summed E-state index contributed by atoms with van der Waals surface area (Å²) in [5.41, 5.74) is 2.32. The summed E-state index contributed by atoms with van der Waals surface area (Å²) in [7, 11) is 1.67. The van der Waals surface area contributed by atoms with E-state index in [2.05, 4.69) is 16.4 Å². The molecule has 2 rings (SSSR count). The molecule has 0 bridgehead atoms. The second-order valence-electron chi connectivity index (χ2n) is 3.32. The Hall–Kier alpha value is -1.35. The lowest BCUT2D eigenvalue weighted by Crippen LogP contribution is -2.04. The predicted molar refractivity (Wildman–Crippen MR) is 56.3 cm³/mol. The van der Waals surface area contributed by atoms with Crippen LogP contribution in [0.2, 0.25) is 0 Å². The van der Waals surface area contributed by atoms with Gasteiger partial charge in [0.1, 0.15) is 11.4 Å². The molecule has 74 valence electrons. The highest BCUT2D eigenvalue weighted by Crippen LogP contribution is 2.19. The number of rotatable bonds is 2. The maximum absolute atomic E-state index is 5.23. The van der Waals surface area contributed by atoms with Gasteiger partial charge in [-0.3, -0.25) is 4.98 Å². The minimum absolute atomic E-state index is 0.840. The SMILES string of the molecule is COc1cccnc1/C=C1\CCNC1. The smallest absolute Gasteiger partial charge is 0.144 e. The van der Waals surface area contributed by atoms with Crippen molar-refractivity contribution >= 4 is 6.08 Å². The minimum atomic E-state index is 0.840. The molecule has 0 atom stereocenters. The van der Waals surface area contributed by atoms with Crippen molar-refractivity contribution in [2.24, 2.45) is 0 Å². The molecule has 0 unspecified atom stereocenters. The molecule has 1 aromatic heterocycles. The summed E-state index contributed by atoms with van der Waals surface area (Å²) in [5, 5.41) is 3.29. The van der Waals surface area contributed by atoms with E-state index in [4.69, 9.17) is 4.74 Å². The summed E-state index contributed by atoms with van der Waals surface area (Å²) >= 11 is 0. The first-order valence-electron chi connectivity index (χ1n) is 4.79. The fourth-order valence-electron chi connectivity index (χ4n) is 1.59. The molecule has 1 saturated heterocycles. The number of aromatic nitrogens is 1. The van der Waals surface area contributed by atoms with Crippen LogP contribution < -0.4 is 10.1 Å². The van der Waals surface area contributed by atoms with Crippen molar-refractivity contribution in [3.63, 3.8) is 0 Å². The van der Waals surface area contributed by atoms with Crippen LogP contribution in [0.4, 0.5) is 0 Å². The van der Waals surface area contributed by atoms with Gasteiger partial charge in [0.2, 0.25) is 0 Å². The van der Waals surface area contributed by atoms with Crippen LogP contribution in [0.5, 0.6) is 5.75 Å².